The van der Waals surface area contributed by atoms with Gasteiger partial charge in [0.2, 0.25) is 0 Å². The van der Waals surface area contributed by atoms with Crippen molar-refractivity contribution in [2.75, 3.05) is 6.61 Å². The maximum atomic E-state index is 12.4. The SMILES string of the molecule is CC(C)CCOC(=O)Cn1c(-c2ccc(C(C)(C)C)cc2)nc2ccccc21. The summed E-state index contributed by atoms with van der Waals surface area (Å²) < 4.78 is 7.40. The van der Waals surface area contributed by atoms with Crippen LogP contribution in [0, 0.1) is 5.92 Å². The van der Waals surface area contributed by atoms with Crippen molar-refractivity contribution in [3.8, 4) is 11.4 Å². The van der Waals surface area contributed by atoms with Gasteiger partial charge in [-0.2, -0.15) is 0 Å². The number of nitrogens with zero attached hydrogens (tertiary/aromatic N) is 2. The number of imidazole rings is 1. The Bertz CT molecular complexity index is 947. The third-order valence-corrected chi connectivity index (χ3v) is 4.91. The average molecular weight is 379 g/mol. The molecule has 148 valence electrons. The molecular weight excluding hydrogens is 348 g/mol. The van der Waals surface area contributed by atoms with Gasteiger partial charge in [0.1, 0.15) is 12.4 Å². The highest BCUT2D eigenvalue weighted by molar-refractivity contribution is 5.83. The molecule has 1 heterocycles. The summed E-state index contributed by atoms with van der Waals surface area (Å²) in [6.07, 6.45) is 0.873. The third kappa shape index (κ3) is 4.61. The zero-order chi connectivity index (χ0) is 20.3. The van der Waals surface area contributed by atoms with E-state index in [-0.39, 0.29) is 17.9 Å². The molecule has 3 rings (SSSR count). The van der Waals surface area contributed by atoms with Crippen molar-refractivity contribution in [1.29, 1.82) is 0 Å². The Hall–Kier alpha value is -2.62. The van der Waals surface area contributed by atoms with Crippen LogP contribution in [0.1, 0.15) is 46.6 Å². The fraction of sp³-hybridized carbons (Fsp3) is 0.417. The molecule has 28 heavy (non-hydrogen) atoms. The Morgan fingerprint density at radius 1 is 1.07 bits per heavy atom. The Balaban J connectivity index is 1.92. The number of hydrogen-bond acceptors (Lipinski definition) is 3. The molecule has 0 atom stereocenters. The molecule has 1 aromatic heterocycles. The number of esters is 1. The van der Waals surface area contributed by atoms with Gasteiger partial charge >= 0.3 is 5.97 Å². The molecule has 0 aliphatic carbocycles. The zero-order valence-corrected chi connectivity index (χ0v) is 17.5. The fourth-order valence-corrected chi connectivity index (χ4v) is 3.16. The second-order valence-corrected chi connectivity index (χ2v) is 8.74. The van der Waals surface area contributed by atoms with E-state index in [9.17, 15) is 4.79 Å². The van der Waals surface area contributed by atoms with Crippen LogP contribution in [0.25, 0.3) is 22.4 Å². The minimum atomic E-state index is -0.226. The molecule has 0 fully saturated rings. The van der Waals surface area contributed by atoms with Crippen LogP contribution < -0.4 is 0 Å². The molecule has 4 nitrogen and oxygen atoms in total. The molecular formula is C24H30N2O2. The van der Waals surface area contributed by atoms with Gasteiger partial charge < -0.3 is 9.30 Å². The van der Waals surface area contributed by atoms with E-state index >= 15 is 0 Å². The van der Waals surface area contributed by atoms with E-state index in [4.69, 9.17) is 9.72 Å². The number of fused-ring (bicyclic) bond motifs is 1. The first-order valence-electron chi connectivity index (χ1n) is 9.97. The van der Waals surface area contributed by atoms with Crippen molar-refractivity contribution in [1.82, 2.24) is 9.55 Å². The normalized spacial score (nSPS) is 11.9. The quantitative estimate of drug-likeness (QED) is 0.525. The molecule has 0 aliphatic heterocycles. The molecule has 0 saturated carbocycles. The van der Waals surface area contributed by atoms with Gasteiger partial charge in [-0.25, -0.2) is 4.98 Å². The molecule has 0 saturated heterocycles. The van der Waals surface area contributed by atoms with Crippen LogP contribution in [0.5, 0.6) is 0 Å². The van der Waals surface area contributed by atoms with Gasteiger partial charge in [0, 0.05) is 5.56 Å². The summed E-state index contributed by atoms with van der Waals surface area (Å²) in [5.41, 5.74) is 4.19. The van der Waals surface area contributed by atoms with Crippen LogP contribution in [0.3, 0.4) is 0 Å². The molecule has 0 amide bonds. The largest absolute Gasteiger partial charge is 0.464 e. The van der Waals surface area contributed by atoms with Gasteiger partial charge in [-0.05, 0) is 35.4 Å². The number of rotatable bonds is 6. The number of para-hydroxylation sites is 2. The number of aromatic nitrogens is 2. The van der Waals surface area contributed by atoms with Crippen LogP contribution in [0.15, 0.2) is 48.5 Å². The van der Waals surface area contributed by atoms with E-state index in [1.54, 1.807) is 0 Å². The van der Waals surface area contributed by atoms with Crippen LogP contribution >= 0.6 is 0 Å². The van der Waals surface area contributed by atoms with Gasteiger partial charge in [0.05, 0.1) is 17.6 Å². The maximum Gasteiger partial charge on any atom is 0.326 e. The first kappa shape index (κ1) is 20.1. The second kappa shape index (κ2) is 8.17. The lowest BCUT2D eigenvalue weighted by Crippen LogP contribution is -2.16. The Labute approximate surface area is 167 Å². The maximum absolute atomic E-state index is 12.4. The lowest BCUT2D eigenvalue weighted by molar-refractivity contribution is -0.144. The van der Waals surface area contributed by atoms with Gasteiger partial charge in [-0.1, -0.05) is 71.0 Å². The number of ether oxygens (including phenoxy) is 1. The number of carbonyl (C=O) groups excluding carboxylic acids is 1. The predicted octanol–water partition coefficient (Wildman–Crippen LogP) is 5.59. The highest BCUT2D eigenvalue weighted by Crippen LogP contribution is 2.28. The van der Waals surface area contributed by atoms with Gasteiger partial charge in [-0.15, -0.1) is 0 Å². The van der Waals surface area contributed by atoms with E-state index in [2.05, 4.69) is 58.9 Å². The summed E-state index contributed by atoms with van der Waals surface area (Å²) in [7, 11) is 0. The summed E-state index contributed by atoms with van der Waals surface area (Å²) in [6.45, 7) is 11.5. The van der Waals surface area contributed by atoms with Crippen LogP contribution in [-0.4, -0.2) is 22.1 Å². The Morgan fingerprint density at radius 3 is 2.39 bits per heavy atom. The minimum absolute atomic E-state index is 0.0961. The number of carbonyl (C=O) groups is 1. The first-order chi connectivity index (χ1) is 13.3. The summed E-state index contributed by atoms with van der Waals surface area (Å²) in [4.78, 5) is 17.2. The standard InChI is InChI=1S/C24H30N2O2/c1-17(2)14-15-28-22(27)16-26-21-9-7-6-8-20(21)25-23(26)18-10-12-19(13-11-18)24(3,4)5/h6-13,17H,14-16H2,1-5H3. The fourth-order valence-electron chi connectivity index (χ4n) is 3.16. The van der Waals surface area contributed by atoms with Crippen molar-refractivity contribution in [2.24, 2.45) is 5.92 Å². The molecule has 0 aliphatic rings. The smallest absolute Gasteiger partial charge is 0.326 e. The van der Waals surface area contributed by atoms with Gasteiger partial charge in [0.15, 0.2) is 0 Å². The van der Waals surface area contributed by atoms with E-state index < -0.39 is 0 Å². The topological polar surface area (TPSA) is 44.1 Å². The van der Waals surface area contributed by atoms with Crippen molar-refractivity contribution >= 4 is 17.0 Å². The third-order valence-electron chi connectivity index (χ3n) is 4.91. The molecule has 0 spiro atoms. The van der Waals surface area contributed by atoms with Crippen LogP contribution in [0.4, 0.5) is 0 Å². The Morgan fingerprint density at radius 2 is 1.75 bits per heavy atom. The van der Waals surface area contributed by atoms with E-state index in [1.165, 1.54) is 5.56 Å². The summed E-state index contributed by atoms with van der Waals surface area (Å²) in [5.74, 6) is 1.08. The molecule has 0 unspecified atom stereocenters. The monoisotopic (exact) mass is 378 g/mol. The van der Waals surface area contributed by atoms with Gasteiger partial charge in [0.25, 0.3) is 0 Å². The van der Waals surface area contributed by atoms with Crippen molar-refractivity contribution < 1.29 is 9.53 Å². The van der Waals surface area contributed by atoms with Crippen molar-refractivity contribution in [3.05, 3.63) is 54.1 Å². The summed E-state index contributed by atoms with van der Waals surface area (Å²) in [6, 6.07) is 16.4. The summed E-state index contributed by atoms with van der Waals surface area (Å²) >= 11 is 0. The highest BCUT2D eigenvalue weighted by atomic mass is 16.5. The lowest BCUT2D eigenvalue weighted by atomic mass is 9.87. The van der Waals surface area contributed by atoms with E-state index in [0.29, 0.717) is 12.5 Å². The number of benzene rings is 2. The molecule has 0 bridgehead atoms. The highest BCUT2D eigenvalue weighted by Gasteiger charge is 2.18. The predicted molar refractivity (Wildman–Crippen MR) is 114 cm³/mol. The van der Waals surface area contributed by atoms with Crippen LogP contribution in [0.2, 0.25) is 0 Å². The average Bonchev–Trinajstić information content (AvgIpc) is 2.99. The Kier molecular flexibility index (Phi) is 5.87. The van der Waals surface area contributed by atoms with Gasteiger partial charge in [-0.3, -0.25) is 4.79 Å². The second-order valence-electron chi connectivity index (χ2n) is 8.74. The first-order valence-corrected chi connectivity index (χ1v) is 9.97. The molecule has 3 aromatic rings. The number of hydrogen-bond donors (Lipinski definition) is 0. The van der Waals surface area contributed by atoms with Crippen LogP contribution in [-0.2, 0) is 21.5 Å². The minimum Gasteiger partial charge on any atom is -0.464 e. The van der Waals surface area contributed by atoms with E-state index in [1.807, 2.05) is 28.8 Å². The molecule has 4 heteroatoms. The van der Waals surface area contributed by atoms with E-state index in [0.717, 1.165) is 28.8 Å². The molecule has 0 radical (unpaired) electrons. The molecule has 2 aromatic carbocycles. The van der Waals surface area contributed by atoms with Crippen molar-refractivity contribution in [3.63, 3.8) is 0 Å². The molecule has 0 N–H and O–H groups in total. The zero-order valence-electron chi connectivity index (χ0n) is 17.5. The van der Waals surface area contributed by atoms with Crippen molar-refractivity contribution in [2.45, 2.75) is 53.0 Å². The summed E-state index contributed by atoms with van der Waals surface area (Å²) in [5, 5.41) is 0. The lowest BCUT2D eigenvalue weighted by Gasteiger charge is -2.19.